The number of halogens is 1. The standard InChI is InChI=1S/C14H11FN2O3/c1-9-2-3-12(16-8-9)7-14(18)10-4-11(15)6-13(5-10)17(19)20/h2-6,8H,7H2,1H3. The van der Waals surface area contributed by atoms with Crippen LogP contribution in [0.1, 0.15) is 21.6 Å². The summed E-state index contributed by atoms with van der Waals surface area (Å²) in [6, 6.07) is 6.34. The molecule has 0 aliphatic heterocycles. The Morgan fingerprint density at radius 3 is 2.70 bits per heavy atom. The van der Waals surface area contributed by atoms with Gasteiger partial charge >= 0.3 is 0 Å². The summed E-state index contributed by atoms with van der Waals surface area (Å²) in [5.74, 6) is -1.22. The van der Waals surface area contributed by atoms with Gasteiger partial charge in [-0.05, 0) is 24.6 Å². The van der Waals surface area contributed by atoms with E-state index in [1.165, 1.54) is 0 Å². The number of pyridine rings is 1. The maximum atomic E-state index is 13.3. The largest absolute Gasteiger partial charge is 0.294 e. The lowest BCUT2D eigenvalue weighted by atomic mass is 10.1. The molecule has 0 unspecified atom stereocenters. The van der Waals surface area contributed by atoms with Crippen molar-refractivity contribution in [3.8, 4) is 0 Å². The molecule has 0 radical (unpaired) electrons. The predicted molar refractivity (Wildman–Crippen MR) is 70.1 cm³/mol. The van der Waals surface area contributed by atoms with Crippen LogP contribution in [-0.4, -0.2) is 15.7 Å². The summed E-state index contributed by atoms with van der Waals surface area (Å²) in [4.78, 5) is 26.0. The number of ketones is 1. The monoisotopic (exact) mass is 274 g/mol. The third kappa shape index (κ3) is 3.23. The molecule has 102 valence electrons. The van der Waals surface area contributed by atoms with Gasteiger partial charge in [0.1, 0.15) is 5.82 Å². The van der Waals surface area contributed by atoms with Crippen LogP contribution >= 0.6 is 0 Å². The minimum atomic E-state index is -0.806. The van der Waals surface area contributed by atoms with E-state index < -0.39 is 22.2 Å². The Morgan fingerprint density at radius 1 is 1.35 bits per heavy atom. The fourth-order valence-electron chi connectivity index (χ4n) is 1.71. The van der Waals surface area contributed by atoms with Gasteiger partial charge in [-0.3, -0.25) is 19.9 Å². The molecule has 2 aromatic rings. The summed E-state index contributed by atoms with van der Waals surface area (Å²) in [5.41, 5.74) is 1.03. The van der Waals surface area contributed by atoms with Gasteiger partial charge in [0.25, 0.3) is 5.69 Å². The second-order valence-corrected chi connectivity index (χ2v) is 4.38. The molecule has 1 aromatic heterocycles. The number of rotatable bonds is 4. The summed E-state index contributed by atoms with van der Waals surface area (Å²) < 4.78 is 13.3. The van der Waals surface area contributed by atoms with Crippen molar-refractivity contribution in [2.75, 3.05) is 0 Å². The number of carbonyl (C=O) groups excluding carboxylic acids is 1. The van der Waals surface area contributed by atoms with Gasteiger partial charge in [-0.1, -0.05) is 6.07 Å². The first-order chi connectivity index (χ1) is 9.45. The van der Waals surface area contributed by atoms with Crippen LogP contribution < -0.4 is 0 Å². The van der Waals surface area contributed by atoms with Gasteiger partial charge in [-0.2, -0.15) is 0 Å². The van der Waals surface area contributed by atoms with Crippen LogP contribution in [0.25, 0.3) is 0 Å². The Balaban J connectivity index is 2.25. The zero-order chi connectivity index (χ0) is 14.7. The number of nitro groups is 1. The number of non-ortho nitro benzene ring substituents is 1. The molecule has 0 aliphatic rings. The van der Waals surface area contributed by atoms with Gasteiger partial charge in [-0.15, -0.1) is 0 Å². The molecule has 0 N–H and O–H groups in total. The zero-order valence-corrected chi connectivity index (χ0v) is 10.7. The van der Waals surface area contributed by atoms with E-state index >= 15 is 0 Å². The van der Waals surface area contributed by atoms with Gasteiger partial charge in [0.15, 0.2) is 5.78 Å². The number of carbonyl (C=O) groups is 1. The van der Waals surface area contributed by atoms with Crippen molar-refractivity contribution in [3.05, 3.63) is 69.3 Å². The van der Waals surface area contributed by atoms with Crippen LogP contribution in [0.3, 0.4) is 0 Å². The highest BCUT2D eigenvalue weighted by Gasteiger charge is 2.15. The van der Waals surface area contributed by atoms with Crippen molar-refractivity contribution in [2.45, 2.75) is 13.3 Å². The van der Waals surface area contributed by atoms with Gasteiger partial charge in [0.05, 0.1) is 17.4 Å². The molecule has 0 aliphatic carbocycles. The van der Waals surface area contributed by atoms with E-state index in [1.807, 2.05) is 13.0 Å². The summed E-state index contributed by atoms with van der Waals surface area (Å²) >= 11 is 0. The van der Waals surface area contributed by atoms with Crippen molar-refractivity contribution in [3.63, 3.8) is 0 Å². The van der Waals surface area contributed by atoms with E-state index in [2.05, 4.69) is 4.98 Å². The molecule has 0 saturated carbocycles. The molecular formula is C14H11FN2O3. The maximum absolute atomic E-state index is 13.3. The van der Waals surface area contributed by atoms with Crippen LogP contribution in [0.15, 0.2) is 36.5 Å². The SMILES string of the molecule is Cc1ccc(CC(=O)c2cc(F)cc([N+](=O)[O-])c2)nc1. The zero-order valence-electron chi connectivity index (χ0n) is 10.7. The Hall–Kier alpha value is -2.63. The molecular weight excluding hydrogens is 263 g/mol. The Labute approximate surface area is 114 Å². The van der Waals surface area contributed by atoms with Crippen LogP contribution in [-0.2, 0) is 6.42 Å². The molecule has 2 rings (SSSR count). The number of nitro benzene ring substituents is 1. The van der Waals surface area contributed by atoms with Crippen molar-refractivity contribution in [1.29, 1.82) is 0 Å². The molecule has 0 bridgehead atoms. The Bertz CT molecular complexity index is 669. The smallest absolute Gasteiger partial charge is 0.273 e. The molecule has 6 heteroatoms. The topological polar surface area (TPSA) is 73.1 Å². The average Bonchev–Trinajstić information content (AvgIpc) is 2.40. The summed E-state index contributed by atoms with van der Waals surface area (Å²) in [6.07, 6.45) is 1.59. The van der Waals surface area contributed by atoms with E-state index in [9.17, 15) is 19.3 Å². The normalized spacial score (nSPS) is 10.3. The van der Waals surface area contributed by atoms with Crippen LogP contribution in [0.5, 0.6) is 0 Å². The van der Waals surface area contributed by atoms with Crippen LogP contribution in [0.2, 0.25) is 0 Å². The number of benzene rings is 1. The van der Waals surface area contributed by atoms with Gasteiger partial charge < -0.3 is 0 Å². The Morgan fingerprint density at radius 2 is 2.10 bits per heavy atom. The number of Topliss-reactive ketones (excluding diaryl/α,β-unsaturated/α-hetero) is 1. The second-order valence-electron chi connectivity index (χ2n) is 4.38. The fraction of sp³-hybridized carbons (Fsp3) is 0.143. The number of hydrogen-bond acceptors (Lipinski definition) is 4. The summed E-state index contributed by atoms with van der Waals surface area (Å²) in [6.45, 7) is 1.87. The molecule has 20 heavy (non-hydrogen) atoms. The molecule has 0 saturated heterocycles. The predicted octanol–water partition coefficient (Wildman–Crippen LogP) is 2.86. The lowest BCUT2D eigenvalue weighted by Gasteiger charge is -2.02. The molecule has 1 aromatic carbocycles. The van der Waals surface area contributed by atoms with Gasteiger partial charge in [0.2, 0.25) is 0 Å². The first-order valence-corrected chi connectivity index (χ1v) is 5.85. The van der Waals surface area contributed by atoms with Gasteiger partial charge in [0, 0.05) is 23.5 Å². The lowest BCUT2D eigenvalue weighted by molar-refractivity contribution is -0.385. The highest BCUT2D eigenvalue weighted by Crippen LogP contribution is 2.17. The maximum Gasteiger partial charge on any atom is 0.273 e. The molecule has 0 atom stereocenters. The molecule has 0 amide bonds. The first kappa shape index (κ1) is 13.8. The van der Waals surface area contributed by atoms with E-state index in [4.69, 9.17) is 0 Å². The quantitative estimate of drug-likeness (QED) is 0.488. The average molecular weight is 274 g/mol. The van der Waals surface area contributed by atoms with Crippen molar-refractivity contribution >= 4 is 11.5 Å². The van der Waals surface area contributed by atoms with E-state index in [-0.39, 0.29) is 12.0 Å². The lowest BCUT2D eigenvalue weighted by Crippen LogP contribution is -2.06. The fourth-order valence-corrected chi connectivity index (χ4v) is 1.71. The minimum absolute atomic E-state index is 0.0269. The molecule has 1 heterocycles. The first-order valence-electron chi connectivity index (χ1n) is 5.85. The molecule has 0 fully saturated rings. The molecule has 0 spiro atoms. The number of aromatic nitrogens is 1. The van der Waals surface area contributed by atoms with Crippen molar-refractivity contribution < 1.29 is 14.1 Å². The van der Waals surface area contributed by atoms with Crippen LogP contribution in [0.4, 0.5) is 10.1 Å². The number of hydrogen-bond donors (Lipinski definition) is 0. The van der Waals surface area contributed by atoms with E-state index in [0.717, 1.165) is 23.8 Å². The summed E-state index contributed by atoms with van der Waals surface area (Å²) in [7, 11) is 0. The third-order valence-electron chi connectivity index (χ3n) is 2.73. The molecule has 5 nitrogen and oxygen atoms in total. The number of nitrogens with zero attached hydrogens (tertiary/aromatic N) is 2. The Kier molecular flexibility index (Phi) is 3.84. The second kappa shape index (κ2) is 5.56. The number of aryl methyl sites for hydroxylation is 1. The van der Waals surface area contributed by atoms with Crippen LogP contribution in [0, 0.1) is 22.9 Å². The minimum Gasteiger partial charge on any atom is -0.294 e. The van der Waals surface area contributed by atoms with Crippen molar-refractivity contribution in [2.24, 2.45) is 0 Å². The highest BCUT2D eigenvalue weighted by atomic mass is 19.1. The van der Waals surface area contributed by atoms with E-state index in [1.54, 1.807) is 12.3 Å². The summed E-state index contributed by atoms with van der Waals surface area (Å²) in [5, 5.41) is 10.6. The third-order valence-corrected chi connectivity index (χ3v) is 2.73. The highest BCUT2D eigenvalue weighted by molar-refractivity contribution is 5.97. The van der Waals surface area contributed by atoms with E-state index in [0.29, 0.717) is 5.69 Å². The van der Waals surface area contributed by atoms with Crippen molar-refractivity contribution in [1.82, 2.24) is 4.98 Å². The van der Waals surface area contributed by atoms with Gasteiger partial charge in [-0.25, -0.2) is 4.39 Å².